The predicted octanol–water partition coefficient (Wildman–Crippen LogP) is 1.86. The topological polar surface area (TPSA) is 102 Å². The summed E-state index contributed by atoms with van der Waals surface area (Å²) in [5.74, 6) is -0.302. The van der Waals surface area contributed by atoms with E-state index in [1.165, 1.54) is 27.6 Å². The van der Waals surface area contributed by atoms with Crippen LogP contribution >= 0.6 is 0 Å². The molecule has 29 heavy (non-hydrogen) atoms. The van der Waals surface area contributed by atoms with Crippen LogP contribution in [0, 0.1) is 11.2 Å². The Kier molecular flexibility index (Phi) is 6.50. The van der Waals surface area contributed by atoms with Gasteiger partial charge < -0.3 is 4.74 Å². The molecule has 1 aromatic heterocycles. The van der Waals surface area contributed by atoms with E-state index in [2.05, 4.69) is 16.5 Å². The maximum absolute atomic E-state index is 12.9. The summed E-state index contributed by atoms with van der Waals surface area (Å²) in [7, 11) is 1.56. The van der Waals surface area contributed by atoms with Gasteiger partial charge in [0.05, 0.1) is 11.8 Å². The Hall–Kier alpha value is -3.33. The van der Waals surface area contributed by atoms with Gasteiger partial charge in [0, 0.05) is 24.8 Å². The summed E-state index contributed by atoms with van der Waals surface area (Å²) >= 11 is 0. The smallest absolute Gasteiger partial charge is 0.367 e. The minimum atomic E-state index is -0.307. The molecule has 0 amide bonds. The standard InChI is InChI=1S/C20H23FN6O2/c1-3-14-5-4-6-18(27-20(28)26(2)24-25-27)17(14)13-29-19(22)11-12-23-16-9-7-15(21)8-10-16/h5,7-12,22-23H,3-4,6,13H2,1-2H3/p+1. The van der Waals surface area contributed by atoms with Crippen LogP contribution in [0.15, 0.2) is 58.6 Å². The van der Waals surface area contributed by atoms with Crippen LogP contribution in [0.1, 0.15) is 26.2 Å². The molecule has 0 saturated carbocycles. The van der Waals surface area contributed by atoms with Crippen LogP contribution in [-0.4, -0.2) is 32.3 Å². The minimum Gasteiger partial charge on any atom is -0.473 e. The van der Waals surface area contributed by atoms with E-state index in [-0.39, 0.29) is 24.0 Å². The molecule has 3 rings (SSSR count). The number of quaternary nitrogens is 1. The van der Waals surface area contributed by atoms with E-state index in [4.69, 9.17) is 10.1 Å². The van der Waals surface area contributed by atoms with Crippen molar-refractivity contribution in [2.75, 3.05) is 6.61 Å². The number of rotatable bonds is 7. The molecule has 0 saturated heterocycles. The zero-order valence-electron chi connectivity index (χ0n) is 16.4. The second-order valence-electron chi connectivity index (χ2n) is 6.57. The second kappa shape index (κ2) is 9.24. The van der Waals surface area contributed by atoms with Gasteiger partial charge in [-0.05, 0) is 47.4 Å². The number of benzene rings is 1. The van der Waals surface area contributed by atoms with Crippen LogP contribution in [0.3, 0.4) is 0 Å². The highest BCUT2D eigenvalue weighted by molar-refractivity contribution is 5.84. The van der Waals surface area contributed by atoms with E-state index >= 15 is 0 Å². The lowest BCUT2D eigenvalue weighted by molar-refractivity contribution is -0.496. The molecule has 1 aliphatic rings. The number of allylic oxidation sites excluding steroid dienone is 2. The molecule has 0 atom stereocenters. The van der Waals surface area contributed by atoms with E-state index in [1.807, 2.05) is 6.92 Å². The molecular weight excluding hydrogens is 375 g/mol. The highest BCUT2D eigenvalue weighted by atomic mass is 19.1. The zero-order valence-corrected chi connectivity index (χ0v) is 16.4. The molecule has 1 aromatic carbocycles. The van der Waals surface area contributed by atoms with Crippen molar-refractivity contribution in [1.82, 2.24) is 19.8 Å². The van der Waals surface area contributed by atoms with Gasteiger partial charge in [0.15, 0.2) is 0 Å². The van der Waals surface area contributed by atoms with Gasteiger partial charge in [0.1, 0.15) is 24.3 Å². The number of nitrogens with zero attached hydrogens (tertiary/aromatic N) is 4. The first-order valence-corrected chi connectivity index (χ1v) is 9.38. The Labute approximate surface area is 167 Å². The Bertz CT molecular complexity index is 1030. The van der Waals surface area contributed by atoms with E-state index in [1.54, 1.807) is 30.7 Å². The van der Waals surface area contributed by atoms with Gasteiger partial charge in [-0.2, -0.15) is 9.36 Å². The minimum absolute atomic E-state index is 0.0114. The number of aryl methyl sites for hydroxylation is 1. The lowest BCUT2D eigenvalue weighted by Crippen LogP contribution is -2.71. The largest absolute Gasteiger partial charge is 0.473 e. The Morgan fingerprint density at radius 2 is 2.10 bits per heavy atom. The van der Waals surface area contributed by atoms with Crippen molar-refractivity contribution in [2.45, 2.75) is 26.2 Å². The molecule has 0 aliphatic heterocycles. The monoisotopic (exact) mass is 399 g/mol. The number of hydrogen-bond donors (Lipinski definition) is 2. The van der Waals surface area contributed by atoms with Gasteiger partial charge in [-0.1, -0.05) is 13.0 Å². The van der Waals surface area contributed by atoms with Crippen molar-refractivity contribution in [2.24, 2.45) is 7.05 Å². The Balaban J connectivity index is 1.70. The molecule has 0 spiro atoms. The van der Waals surface area contributed by atoms with Crippen molar-refractivity contribution in [1.29, 1.82) is 5.41 Å². The number of tetrazole rings is 1. The molecule has 9 heteroatoms. The molecule has 2 aromatic rings. The van der Waals surface area contributed by atoms with Gasteiger partial charge >= 0.3 is 5.69 Å². The van der Waals surface area contributed by atoms with Crippen molar-refractivity contribution in [3.05, 3.63) is 70.1 Å². The molecule has 152 valence electrons. The zero-order chi connectivity index (χ0) is 20.8. The third kappa shape index (κ3) is 4.94. The first-order valence-electron chi connectivity index (χ1n) is 9.38. The van der Waals surface area contributed by atoms with E-state index in [0.717, 1.165) is 35.4 Å². The van der Waals surface area contributed by atoms with Gasteiger partial charge in [-0.15, -0.1) is 0 Å². The lowest BCUT2D eigenvalue weighted by Gasteiger charge is -2.20. The second-order valence-corrected chi connectivity index (χ2v) is 6.57. The molecule has 0 fully saturated rings. The van der Waals surface area contributed by atoms with Crippen LogP contribution in [0.5, 0.6) is 0 Å². The fraction of sp³-hybridized carbons (Fsp3) is 0.300. The van der Waals surface area contributed by atoms with Gasteiger partial charge in [-0.25, -0.2) is 9.18 Å². The highest BCUT2D eigenvalue weighted by Gasteiger charge is 2.20. The number of ether oxygens (including phenoxy) is 1. The summed E-state index contributed by atoms with van der Waals surface area (Å²) in [5.41, 5.74) is 3.22. The van der Waals surface area contributed by atoms with Crippen molar-refractivity contribution in [3.8, 4) is 0 Å². The average molecular weight is 399 g/mol. The number of hydrogen-bond acceptors (Lipinski definition) is 5. The quantitative estimate of drug-likeness (QED) is 0.421. The highest BCUT2D eigenvalue weighted by Crippen LogP contribution is 2.29. The summed E-state index contributed by atoms with van der Waals surface area (Å²) in [6, 6.07) is 6.07. The van der Waals surface area contributed by atoms with Crippen molar-refractivity contribution < 1.29 is 14.4 Å². The molecule has 0 radical (unpaired) electrons. The van der Waals surface area contributed by atoms with Gasteiger partial charge in [0.2, 0.25) is 5.90 Å². The maximum atomic E-state index is 12.9. The average Bonchev–Trinajstić information content (AvgIpc) is 3.06. The number of nitrogens with two attached hydrogens (primary N) is 1. The van der Waals surface area contributed by atoms with Crippen molar-refractivity contribution >= 4 is 17.3 Å². The number of aromatic nitrogens is 4. The molecule has 8 nitrogen and oxygen atoms in total. The van der Waals surface area contributed by atoms with Crippen LogP contribution in [-0.2, 0) is 11.8 Å². The van der Waals surface area contributed by atoms with E-state index in [9.17, 15) is 9.18 Å². The predicted molar refractivity (Wildman–Crippen MR) is 107 cm³/mol. The van der Waals surface area contributed by atoms with Crippen molar-refractivity contribution in [3.63, 3.8) is 0 Å². The van der Waals surface area contributed by atoms with E-state index < -0.39 is 0 Å². The summed E-state index contributed by atoms with van der Waals surface area (Å²) in [6.45, 7) is 2.20. The molecule has 1 aliphatic carbocycles. The van der Waals surface area contributed by atoms with Crippen LogP contribution in [0.2, 0.25) is 0 Å². The number of nitrogens with one attached hydrogen (secondary N) is 1. The summed E-state index contributed by atoms with van der Waals surface area (Å²) in [5, 5.41) is 17.5. The summed E-state index contributed by atoms with van der Waals surface area (Å²) < 4.78 is 21.0. The third-order valence-electron chi connectivity index (χ3n) is 4.64. The fourth-order valence-electron chi connectivity index (χ4n) is 3.11. The molecular formula is C20H24FN6O2+. The van der Waals surface area contributed by atoms with Crippen LogP contribution in [0.25, 0.3) is 5.70 Å². The maximum Gasteiger partial charge on any atom is 0.367 e. The lowest BCUT2D eigenvalue weighted by atomic mass is 9.93. The Morgan fingerprint density at radius 3 is 2.76 bits per heavy atom. The number of halogens is 1. The van der Waals surface area contributed by atoms with Crippen LogP contribution in [0.4, 0.5) is 10.1 Å². The fourth-order valence-corrected chi connectivity index (χ4v) is 3.11. The van der Waals surface area contributed by atoms with E-state index in [0.29, 0.717) is 6.42 Å². The van der Waals surface area contributed by atoms with Gasteiger partial charge in [0.25, 0.3) is 0 Å². The first-order chi connectivity index (χ1) is 14.0. The molecule has 0 unspecified atom stereocenters. The van der Waals surface area contributed by atoms with Gasteiger partial charge in [-0.3, -0.25) is 10.7 Å². The molecule has 1 heterocycles. The normalized spacial score (nSPS) is 14.4. The SMILES string of the molecule is CCC1=CCCC(n2nnn(C)c2=O)=C1COC(=N)C=C[NH2+]c1ccc(F)cc1. The summed E-state index contributed by atoms with van der Waals surface area (Å²) in [4.78, 5) is 12.3. The third-order valence-corrected chi connectivity index (χ3v) is 4.64. The Morgan fingerprint density at radius 1 is 1.34 bits per heavy atom. The van der Waals surface area contributed by atoms with Crippen LogP contribution < -0.4 is 11.0 Å². The summed E-state index contributed by atoms with van der Waals surface area (Å²) in [6.07, 6.45) is 7.59. The first kappa shape index (κ1) is 20.4. The molecule has 3 N–H and O–H groups in total. The molecule has 0 bridgehead atoms.